The summed E-state index contributed by atoms with van der Waals surface area (Å²) in [7, 11) is 1.51. The summed E-state index contributed by atoms with van der Waals surface area (Å²) in [5.74, 6) is -1.68. The second-order valence-corrected chi connectivity index (χ2v) is 10.6. The third-order valence-corrected chi connectivity index (χ3v) is 7.57. The van der Waals surface area contributed by atoms with Crippen LogP contribution in [0.2, 0.25) is 0 Å². The molecule has 0 bridgehead atoms. The molecule has 0 fully saturated rings. The van der Waals surface area contributed by atoms with Gasteiger partial charge in [0.2, 0.25) is 12.7 Å². The fourth-order valence-corrected chi connectivity index (χ4v) is 4.95. The molecular formula is C32H29F3N2O8. The third-order valence-electron chi connectivity index (χ3n) is 7.57. The third kappa shape index (κ3) is 6.87. The van der Waals surface area contributed by atoms with E-state index in [2.05, 4.69) is 0 Å². The van der Waals surface area contributed by atoms with Gasteiger partial charge in [-0.05, 0) is 62.4 Å². The highest BCUT2D eigenvalue weighted by Gasteiger charge is 2.39. The summed E-state index contributed by atoms with van der Waals surface area (Å²) in [6.45, 7) is 2.34. The SMILES string of the molecule is C[C@H](C(=O)c1ccc2c(c1)OC(CN(C(=O)CC(F)(F)F)[C@H](C)C(=O)c1ccc3c(c1)OCO3)O2)N(C)C(=O)c1ccccc1. The summed E-state index contributed by atoms with van der Waals surface area (Å²) < 4.78 is 61.8. The molecule has 3 aromatic carbocycles. The van der Waals surface area contributed by atoms with Crippen molar-refractivity contribution in [2.24, 2.45) is 0 Å². The quantitative estimate of drug-likeness (QED) is 0.292. The Kier molecular flexibility index (Phi) is 8.71. The van der Waals surface area contributed by atoms with Gasteiger partial charge in [0, 0.05) is 23.7 Å². The number of Topliss-reactive ketones (excluding diaryl/α,β-unsaturated/α-hetero) is 2. The summed E-state index contributed by atoms with van der Waals surface area (Å²) >= 11 is 0. The predicted molar refractivity (Wildman–Crippen MR) is 153 cm³/mol. The Labute approximate surface area is 256 Å². The van der Waals surface area contributed by atoms with Gasteiger partial charge < -0.3 is 28.7 Å². The van der Waals surface area contributed by atoms with E-state index in [0.717, 1.165) is 4.90 Å². The molecule has 45 heavy (non-hydrogen) atoms. The lowest BCUT2D eigenvalue weighted by molar-refractivity contribution is -0.164. The number of ketones is 2. The fraction of sp³-hybridized carbons (Fsp3) is 0.312. The van der Waals surface area contributed by atoms with E-state index in [1.165, 1.54) is 55.3 Å². The second kappa shape index (κ2) is 12.5. The highest BCUT2D eigenvalue weighted by molar-refractivity contribution is 6.04. The van der Waals surface area contributed by atoms with Crippen LogP contribution in [-0.2, 0) is 4.79 Å². The number of hydrogen-bond donors (Lipinski definition) is 0. The molecule has 0 saturated heterocycles. The molecule has 13 heteroatoms. The van der Waals surface area contributed by atoms with Crippen LogP contribution in [0.3, 0.4) is 0 Å². The molecule has 0 spiro atoms. The molecule has 2 amide bonds. The van der Waals surface area contributed by atoms with Crippen molar-refractivity contribution in [2.75, 3.05) is 20.4 Å². The van der Waals surface area contributed by atoms with Crippen molar-refractivity contribution in [3.05, 3.63) is 83.4 Å². The summed E-state index contributed by atoms with van der Waals surface area (Å²) in [6.07, 6.45) is -7.88. The van der Waals surface area contributed by atoms with Crippen LogP contribution in [0.15, 0.2) is 66.7 Å². The van der Waals surface area contributed by atoms with Crippen molar-refractivity contribution in [1.29, 1.82) is 0 Å². The first-order valence-electron chi connectivity index (χ1n) is 14.0. The van der Waals surface area contributed by atoms with Crippen LogP contribution in [0, 0.1) is 0 Å². The molecule has 236 valence electrons. The van der Waals surface area contributed by atoms with Gasteiger partial charge in [-0.15, -0.1) is 0 Å². The van der Waals surface area contributed by atoms with Gasteiger partial charge >= 0.3 is 6.18 Å². The number of hydrogen-bond acceptors (Lipinski definition) is 8. The standard InChI is InChI=1S/C32H29F3N2O8/c1-18(36(3)31(41)20-7-5-4-6-8-20)29(39)22-10-12-24-26(14-22)45-28(44-24)16-37(27(38)15-32(33,34)35)19(2)30(40)21-9-11-23-25(13-21)43-17-42-23/h4-14,18-19,28H,15-17H2,1-3H3/t18-,19-,28?/m1/s1. The van der Waals surface area contributed by atoms with Crippen LogP contribution in [0.1, 0.15) is 51.3 Å². The largest absolute Gasteiger partial charge is 0.454 e. The van der Waals surface area contributed by atoms with Crippen LogP contribution in [0.25, 0.3) is 0 Å². The number of fused-ring (bicyclic) bond motifs is 2. The number of alkyl halides is 3. The summed E-state index contributed by atoms with van der Waals surface area (Å²) in [5.41, 5.74) is 0.736. The maximum absolute atomic E-state index is 13.3. The molecule has 3 aromatic rings. The molecule has 0 saturated carbocycles. The molecule has 2 aliphatic rings. The van der Waals surface area contributed by atoms with Gasteiger partial charge in [0.05, 0.1) is 18.6 Å². The van der Waals surface area contributed by atoms with Gasteiger partial charge in [-0.1, -0.05) is 18.2 Å². The van der Waals surface area contributed by atoms with Gasteiger partial charge in [-0.3, -0.25) is 19.2 Å². The normalized spacial score (nSPS) is 16.1. The van der Waals surface area contributed by atoms with E-state index in [-0.39, 0.29) is 41.1 Å². The van der Waals surface area contributed by atoms with Gasteiger partial charge in [0.25, 0.3) is 12.2 Å². The number of halogens is 3. The molecule has 2 heterocycles. The number of nitrogens with zero attached hydrogens (tertiary/aromatic N) is 2. The Morgan fingerprint density at radius 1 is 0.778 bits per heavy atom. The summed E-state index contributed by atoms with van der Waals surface area (Å²) in [4.78, 5) is 54.3. The number of benzene rings is 3. The monoisotopic (exact) mass is 626 g/mol. The first-order chi connectivity index (χ1) is 21.3. The van der Waals surface area contributed by atoms with E-state index in [1.807, 2.05) is 0 Å². The summed E-state index contributed by atoms with van der Waals surface area (Å²) in [5, 5.41) is 0. The number of rotatable bonds is 10. The Morgan fingerprint density at radius 2 is 1.36 bits per heavy atom. The highest BCUT2D eigenvalue weighted by Crippen LogP contribution is 2.37. The van der Waals surface area contributed by atoms with E-state index < -0.39 is 49.2 Å². The zero-order valence-electron chi connectivity index (χ0n) is 24.5. The highest BCUT2D eigenvalue weighted by atomic mass is 19.4. The number of carbonyl (C=O) groups excluding carboxylic acids is 4. The number of amides is 2. The lowest BCUT2D eigenvalue weighted by Gasteiger charge is -2.30. The average Bonchev–Trinajstić information content (AvgIpc) is 3.66. The van der Waals surface area contributed by atoms with Crippen LogP contribution >= 0.6 is 0 Å². The van der Waals surface area contributed by atoms with Gasteiger partial charge in [0.15, 0.2) is 34.6 Å². The average molecular weight is 627 g/mol. The molecule has 3 atom stereocenters. The van der Waals surface area contributed by atoms with Crippen molar-refractivity contribution in [1.82, 2.24) is 9.80 Å². The molecule has 2 aliphatic heterocycles. The van der Waals surface area contributed by atoms with Crippen LogP contribution in [0.4, 0.5) is 13.2 Å². The van der Waals surface area contributed by atoms with Crippen LogP contribution < -0.4 is 18.9 Å². The Balaban J connectivity index is 1.30. The minimum absolute atomic E-state index is 0.0373. The lowest BCUT2D eigenvalue weighted by Crippen LogP contribution is -2.49. The maximum Gasteiger partial charge on any atom is 0.397 e. The van der Waals surface area contributed by atoms with E-state index in [4.69, 9.17) is 18.9 Å². The van der Waals surface area contributed by atoms with Gasteiger partial charge in [-0.25, -0.2) is 0 Å². The number of likely N-dealkylation sites (N-methyl/N-ethyl adjacent to an activating group) is 1. The van der Waals surface area contributed by atoms with Crippen molar-refractivity contribution in [2.45, 2.75) is 44.8 Å². The predicted octanol–water partition coefficient (Wildman–Crippen LogP) is 4.91. The molecule has 0 aromatic heterocycles. The molecule has 0 aliphatic carbocycles. The second-order valence-electron chi connectivity index (χ2n) is 10.6. The van der Waals surface area contributed by atoms with Crippen LogP contribution in [-0.4, -0.2) is 78.1 Å². The molecule has 0 radical (unpaired) electrons. The van der Waals surface area contributed by atoms with E-state index in [0.29, 0.717) is 17.1 Å². The van der Waals surface area contributed by atoms with Gasteiger partial charge in [0.1, 0.15) is 6.42 Å². The molecular weight excluding hydrogens is 597 g/mol. The smallest absolute Gasteiger partial charge is 0.397 e. The number of ether oxygens (including phenoxy) is 4. The molecule has 0 N–H and O–H groups in total. The molecule has 1 unspecified atom stereocenters. The van der Waals surface area contributed by atoms with Crippen molar-refractivity contribution < 1.29 is 51.3 Å². The van der Waals surface area contributed by atoms with E-state index in [1.54, 1.807) is 37.3 Å². The van der Waals surface area contributed by atoms with Crippen molar-refractivity contribution in [3.8, 4) is 23.0 Å². The zero-order valence-corrected chi connectivity index (χ0v) is 24.5. The van der Waals surface area contributed by atoms with E-state index in [9.17, 15) is 32.3 Å². The topological polar surface area (TPSA) is 112 Å². The van der Waals surface area contributed by atoms with Crippen molar-refractivity contribution in [3.63, 3.8) is 0 Å². The number of carbonyl (C=O) groups is 4. The zero-order chi connectivity index (χ0) is 32.5. The fourth-order valence-electron chi connectivity index (χ4n) is 4.95. The lowest BCUT2D eigenvalue weighted by atomic mass is 10.0. The first kappa shape index (κ1) is 31.4. The molecule has 5 rings (SSSR count). The first-order valence-corrected chi connectivity index (χ1v) is 14.0. The minimum Gasteiger partial charge on any atom is -0.454 e. The Hall–Kier alpha value is -5.07. The van der Waals surface area contributed by atoms with E-state index >= 15 is 0 Å². The van der Waals surface area contributed by atoms with Crippen LogP contribution in [0.5, 0.6) is 23.0 Å². The Morgan fingerprint density at radius 3 is 2.02 bits per heavy atom. The van der Waals surface area contributed by atoms with Crippen molar-refractivity contribution >= 4 is 23.4 Å². The Bertz CT molecular complexity index is 1630. The maximum atomic E-state index is 13.3. The minimum atomic E-state index is -4.82. The summed E-state index contributed by atoms with van der Waals surface area (Å²) in [6, 6.07) is 15.0. The molecule has 10 nitrogen and oxygen atoms in total. The van der Waals surface area contributed by atoms with Gasteiger partial charge in [-0.2, -0.15) is 13.2 Å².